The van der Waals surface area contributed by atoms with Gasteiger partial charge in [0.15, 0.2) is 0 Å². The molecule has 0 aliphatic carbocycles. The highest BCUT2D eigenvalue weighted by molar-refractivity contribution is 6.22. The number of cyclic esters (lactones) is 2. The Hall–Kier alpha value is -2.94. The minimum absolute atomic E-state index is 0.351. The number of esters is 2. The van der Waals surface area contributed by atoms with Crippen molar-refractivity contribution in [1.29, 1.82) is 0 Å². The van der Waals surface area contributed by atoms with E-state index in [1.54, 1.807) is 6.07 Å². The fourth-order valence-electron chi connectivity index (χ4n) is 3.11. The fourth-order valence-corrected chi connectivity index (χ4v) is 3.11. The molecule has 1 aliphatic rings. The minimum Gasteiger partial charge on any atom is -0.386 e. The van der Waals surface area contributed by atoms with Crippen molar-refractivity contribution in [3.63, 3.8) is 0 Å². The van der Waals surface area contributed by atoms with E-state index in [0.29, 0.717) is 11.1 Å². The van der Waals surface area contributed by atoms with E-state index in [4.69, 9.17) is 4.74 Å². The van der Waals surface area contributed by atoms with Crippen molar-refractivity contribution >= 4 is 22.7 Å². The number of benzene rings is 3. The van der Waals surface area contributed by atoms with E-state index >= 15 is 0 Å². The molecule has 1 heterocycles. The summed E-state index contributed by atoms with van der Waals surface area (Å²) in [6, 6.07) is 15.7. The number of carbonyl (C=O) groups is 2. The SMILES string of the molecule is Cc1ccc(-c2c3c(cc4cc(C)ccc24)C(=O)OC3=O)cc1. The number of fused-ring (bicyclic) bond motifs is 2. The van der Waals surface area contributed by atoms with Gasteiger partial charge in [0.1, 0.15) is 0 Å². The Morgan fingerprint density at radius 2 is 1.43 bits per heavy atom. The zero-order valence-corrected chi connectivity index (χ0v) is 12.8. The first-order chi connectivity index (χ1) is 11.0. The maximum atomic E-state index is 12.2. The molecular formula is C20H14O3. The van der Waals surface area contributed by atoms with Crippen molar-refractivity contribution in [3.8, 4) is 11.1 Å². The predicted octanol–water partition coefficient (Wildman–Crippen LogP) is 4.43. The molecule has 0 atom stereocenters. The maximum absolute atomic E-state index is 12.2. The monoisotopic (exact) mass is 302 g/mol. The molecular weight excluding hydrogens is 288 g/mol. The molecule has 0 unspecified atom stereocenters. The molecule has 0 fully saturated rings. The molecule has 0 aromatic heterocycles. The molecule has 1 aliphatic heterocycles. The molecule has 0 spiro atoms. The fraction of sp³-hybridized carbons (Fsp3) is 0.100. The Morgan fingerprint density at radius 3 is 2.17 bits per heavy atom. The van der Waals surface area contributed by atoms with Gasteiger partial charge < -0.3 is 4.74 Å². The van der Waals surface area contributed by atoms with Crippen molar-refractivity contribution in [3.05, 3.63) is 70.8 Å². The van der Waals surface area contributed by atoms with Gasteiger partial charge in [-0.2, -0.15) is 0 Å². The lowest BCUT2D eigenvalue weighted by molar-refractivity contribution is 0.0444. The van der Waals surface area contributed by atoms with Crippen LogP contribution in [0.4, 0.5) is 0 Å². The number of ether oxygens (including phenoxy) is 1. The van der Waals surface area contributed by atoms with Crippen LogP contribution in [0, 0.1) is 13.8 Å². The molecule has 0 radical (unpaired) electrons. The molecule has 4 rings (SSSR count). The summed E-state index contributed by atoms with van der Waals surface area (Å²) in [5.41, 5.74) is 4.64. The molecule has 3 heteroatoms. The molecule has 3 aromatic carbocycles. The molecule has 0 N–H and O–H groups in total. The predicted molar refractivity (Wildman–Crippen MR) is 88.6 cm³/mol. The van der Waals surface area contributed by atoms with Crippen LogP contribution in [0.25, 0.3) is 21.9 Å². The molecule has 0 bridgehead atoms. The Kier molecular flexibility index (Phi) is 2.85. The number of carbonyl (C=O) groups excluding carboxylic acids is 2. The van der Waals surface area contributed by atoms with Crippen LogP contribution >= 0.6 is 0 Å². The van der Waals surface area contributed by atoms with Gasteiger partial charge in [-0.1, -0.05) is 53.6 Å². The molecule has 112 valence electrons. The van der Waals surface area contributed by atoms with Crippen LogP contribution in [-0.2, 0) is 4.74 Å². The third-order valence-electron chi connectivity index (χ3n) is 4.25. The quantitative estimate of drug-likeness (QED) is 0.493. The van der Waals surface area contributed by atoms with Crippen LogP contribution in [-0.4, -0.2) is 11.9 Å². The van der Waals surface area contributed by atoms with E-state index in [0.717, 1.165) is 33.0 Å². The normalized spacial score (nSPS) is 13.3. The summed E-state index contributed by atoms with van der Waals surface area (Å²) in [7, 11) is 0. The summed E-state index contributed by atoms with van der Waals surface area (Å²) >= 11 is 0. The van der Waals surface area contributed by atoms with Crippen LogP contribution < -0.4 is 0 Å². The number of hydrogen-bond acceptors (Lipinski definition) is 3. The third kappa shape index (κ3) is 2.05. The first-order valence-electron chi connectivity index (χ1n) is 7.45. The van der Waals surface area contributed by atoms with Crippen LogP contribution in [0.2, 0.25) is 0 Å². The lowest BCUT2D eigenvalue weighted by Gasteiger charge is -2.11. The van der Waals surface area contributed by atoms with Gasteiger partial charge in [0.25, 0.3) is 0 Å². The van der Waals surface area contributed by atoms with E-state index in [1.165, 1.54) is 0 Å². The zero-order chi connectivity index (χ0) is 16.1. The Bertz CT molecular complexity index is 982. The van der Waals surface area contributed by atoms with E-state index in [2.05, 4.69) is 0 Å². The summed E-state index contributed by atoms with van der Waals surface area (Å²) in [5, 5.41) is 1.89. The molecule has 0 saturated heterocycles. The second-order valence-corrected chi connectivity index (χ2v) is 5.94. The first-order valence-corrected chi connectivity index (χ1v) is 7.45. The largest absolute Gasteiger partial charge is 0.386 e. The summed E-state index contributed by atoms with van der Waals surface area (Å²) in [5.74, 6) is -1.13. The van der Waals surface area contributed by atoms with Crippen LogP contribution in [0.15, 0.2) is 48.5 Å². The van der Waals surface area contributed by atoms with Gasteiger partial charge in [0.05, 0.1) is 11.1 Å². The highest BCUT2D eigenvalue weighted by Crippen LogP contribution is 2.38. The van der Waals surface area contributed by atoms with Crippen molar-refractivity contribution < 1.29 is 14.3 Å². The summed E-state index contributed by atoms with van der Waals surface area (Å²) < 4.78 is 4.84. The topological polar surface area (TPSA) is 43.4 Å². The number of aryl methyl sites for hydroxylation is 2. The average molecular weight is 302 g/mol. The van der Waals surface area contributed by atoms with E-state index in [-0.39, 0.29) is 0 Å². The first kappa shape index (κ1) is 13.7. The molecule has 23 heavy (non-hydrogen) atoms. The Labute approximate surface area is 133 Å². The molecule has 3 aromatic rings. The minimum atomic E-state index is -0.568. The van der Waals surface area contributed by atoms with E-state index < -0.39 is 11.9 Å². The molecule has 0 saturated carbocycles. The number of rotatable bonds is 1. The van der Waals surface area contributed by atoms with Gasteiger partial charge in [0.2, 0.25) is 0 Å². The lowest BCUT2D eigenvalue weighted by atomic mass is 9.89. The second kappa shape index (κ2) is 4.78. The van der Waals surface area contributed by atoms with Gasteiger partial charge in [-0.05, 0) is 36.2 Å². The van der Waals surface area contributed by atoms with Gasteiger partial charge in [-0.15, -0.1) is 0 Å². The van der Waals surface area contributed by atoms with Crippen molar-refractivity contribution in [2.75, 3.05) is 0 Å². The van der Waals surface area contributed by atoms with Gasteiger partial charge >= 0.3 is 11.9 Å². The van der Waals surface area contributed by atoms with E-state index in [9.17, 15) is 9.59 Å². The van der Waals surface area contributed by atoms with Gasteiger partial charge in [-0.25, -0.2) is 9.59 Å². The van der Waals surface area contributed by atoms with Crippen LogP contribution in [0.1, 0.15) is 31.8 Å². The van der Waals surface area contributed by atoms with Crippen molar-refractivity contribution in [2.24, 2.45) is 0 Å². The third-order valence-corrected chi connectivity index (χ3v) is 4.25. The van der Waals surface area contributed by atoms with Gasteiger partial charge in [-0.3, -0.25) is 0 Å². The summed E-state index contributed by atoms with van der Waals surface area (Å²) in [6.45, 7) is 4.01. The average Bonchev–Trinajstić information content (AvgIpc) is 2.80. The lowest BCUT2D eigenvalue weighted by Crippen LogP contribution is -1.99. The smallest absolute Gasteiger partial charge is 0.347 e. The number of hydrogen-bond donors (Lipinski definition) is 0. The Morgan fingerprint density at radius 1 is 0.739 bits per heavy atom. The molecule has 3 nitrogen and oxygen atoms in total. The van der Waals surface area contributed by atoms with E-state index in [1.807, 2.05) is 56.3 Å². The highest BCUT2D eigenvalue weighted by atomic mass is 16.6. The highest BCUT2D eigenvalue weighted by Gasteiger charge is 2.34. The maximum Gasteiger partial charge on any atom is 0.347 e. The molecule has 0 amide bonds. The Balaban J connectivity index is 2.16. The summed E-state index contributed by atoms with van der Waals surface area (Å²) in [6.07, 6.45) is 0. The van der Waals surface area contributed by atoms with Crippen LogP contribution in [0.3, 0.4) is 0 Å². The van der Waals surface area contributed by atoms with Crippen molar-refractivity contribution in [2.45, 2.75) is 13.8 Å². The standard InChI is InChI=1S/C20H14O3/c1-11-3-6-13(7-4-11)17-15-8-5-12(2)9-14(15)10-16-18(17)20(22)23-19(16)21/h3-10H,1-2H3. The summed E-state index contributed by atoms with van der Waals surface area (Å²) in [4.78, 5) is 24.2. The van der Waals surface area contributed by atoms with Crippen LogP contribution in [0.5, 0.6) is 0 Å². The zero-order valence-electron chi connectivity index (χ0n) is 12.8. The van der Waals surface area contributed by atoms with Gasteiger partial charge in [0, 0.05) is 5.56 Å². The second-order valence-electron chi connectivity index (χ2n) is 5.94. The van der Waals surface area contributed by atoms with Crippen molar-refractivity contribution in [1.82, 2.24) is 0 Å².